The molecule has 2 aromatic heterocycles. The molecule has 0 aliphatic heterocycles. The lowest BCUT2D eigenvalue weighted by Crippen LogP contribution is -2.10. The van der Waals surface area contributed by atoms with Crippen LogP contribution in [0.4, 0.5) is 0 Å². The van der Waals surface area contributed by atoms with Crippen LogP contribution >= 0.6 is 0 Å². The number of para-hydroxylation sites is 2. The zero-order valence-corrected chi connectivity index (χ0v) is 15.2. The Morgan fingerprint density at radius 2 is 1.77 bits per heavy atom. The molecular formula is C19H17N3O3S. The van der Waals surface area contributed by atoms with Crippen LogP contribution in [-0.4, -0.2) is 29.2 Å². The van der Waals surface area contributed by atoms with Crippen LogP contribution in [0, 0.1) is 6.92 Å². The molecule has 0 amide bonds. The highest BCUT2D eigenvalue weighted by molar-refractivity contribution is 7.90. The van der Waals surface area contributed by atoms with Gasteiger partial charge in [-0.05, 0) is 31.2 Å². The van der Waals surface area contributed by atoms with E-state index in [2.05, 4.69) is 9.97 Å². The molecule has 0 aliphatic carbocycles. The second-order valence-electron chi connectivity index (χ2n) is 6.25. The summed E-state index contributed by atoms with van der Waals surface area (Å²) in [4.78, 5) is 8.78. The van der Waals surface area contributed by atoms with E-state index < -0.39 is 9.84 Å². The monoisotopic (exact) mass is 367 g/mol. The maximum absolute atomic E-state index is 12.1. The van der Waals surface area contributed by atoms with Crippen molar-refractivity contribution in [2.24, 2.45) is 0 Å². The first-order valence-electron chi connectivity index (χ1n) is 8.08. The van der Waals surface area contributed by atoms with Crippen LogP contribution in [0.2, 0.25) is 0 Å². The molecule has 0 saturated carbocycles. The van der Waals surface area contributed by atoms with Crippen LogP contribution in [0.3, 0.4) is 0 Å². The molecule has 0 radical (unpaired) electrons. The topological polar surface area (TPSA) is 78.0 Å². The second kappa shape index (κ2) is 6.10. The Labute approximate surface area is 151 Å². The largest absolute Gasteiger partial charge is 0.444 e. The number of imidazole rings is 1. The van der Waals surface area contributed by atoms with E-state index in [9.17, 15) is 8.42 Å². The van der Waals surface area contributed by atoms with Crippen molar-refractivity contribution in [3.05, 3.63) is 66.1 Å². The standard InChI is InChI=1S/C19H17N3O3S/c1-13-7-9-14(10-8-13)18-20-15(12-25-18)11-22-17-6-4-3-5-16(17)21-19(22)26(2,23)24/h3-10,12H,11H2,1-2H3. The predicted molar refractivity (Wildman–Crippen MR) is 98.6 cm³/mol. The lowest BCUT2D eigenvalue weighted by atomic mass is 10.1. The number of aromatic nitrogens is 3. The van der Waals surface area contributed by atoms with Gasteiger partial charge in [-0.15, -0.1) is 0 Å². The molecule has 0 spiro atoms. The van der Waals surface area contributed by atoms with Gasteiger partial charge in [0.1, 0.15) is 6.26 Å². The van der Waals surface area contributed by atoms with E-state index in [0.717, 1.165) is 22.9 Å². The predicted octanol–water partition coefficient (Wildman–Crippen LogP) is 3.45. The third-order valence-corrected chi connectivity index (χ3v) is 5.10. The molecule has 4 aromatic rings. The van der Waals surface area contributed by atoms with Gasteiger partial charge in [0.25, 0.3) is 0 Å². The molecule has 132 valence electrons. The van der Waals surface area contributed by atoms with Gasteiger partial charge >= 0.3 is 0 Å². The second-order valence-corrected chi connectivity index (χ2v) is 8.16. The van der Waals surface area contributed by atoms with Crippen molar-refractivity contribution in [2.45, 2.75) is 18.6 Å². The van der Waals surface area contributed by atoms with Crippen LogP contribution in [-0.2, 0) is 16.4 Å². The van der Waals surface area contributed by atoms with E-state index in [-0.39, 0.29) is 11.7 Å². The van der Waals surface area contributed by atoms with Crippen molar-refractivity contribution in [2.75, 3.05) is 6.26 Å². The van der Waals surface area contributed by atoms with Gasteiger partial charge in [-0.2, -0.15) is 0 Å². The van der Waals surface area contributed by atoms with Crippen LogP contribution in [0.25, 0.3) is 22.5 Å². The third kappa shape index (κ3) is 3.01. The molecule has 0 fully saturated rings. The van der Waals surface area contributed by atoms with Crippen molar-refractivity contribution in [1.29, 1.82) is 0 Å². The summed E-state index contributed by atoms with van der Waals surface area (Å²) in [6.07, 6.45) is 2.71. The molecule has 7 heteroatoms. The zero-order valence-electron chi connectivity index (χ0n) is 14.4. The number of oxazole rings is 1. The number of hydrogen-bond donors (Lipinski definition) is 0. The van der Waals surface area contributed by atoms with Gasteiger partial charge in [0.2, 0.25) is 20.9 Å². The van der Waals surface area contributed by atoms with Crippen molar-refractivity contribution < 1.29 is 12.8 Å². The van der Waals surface area contributed by atoms with E-state index in [4.69, 9.17) is 4.42 Å². The van der Waals surface area contributed by atoms with Crippen molar-refractivity contribution >= 4 is 20.9 Å². The first-order valence-corrected chi connectivity index (χ1v) is 9.98. The summed E-state index contributed by atoms with van der Waals surface area (Å²) in [5.41, 5.74) is 4.04. The lowest BCUT2D eigenvalue weighted by molar-refractivity contribution is 0.567. The normalized spacial score (nSPS) is 11.9. The Bertz CT molecular complexity index is 1190. The van der Waals surface area contributed by atoms with Gasteiger partial charge in [0.15, 0.2) is 0 Å². The fraction of sp³-hybridized carbons (Fsp3) is 0.158. The summed E-state index contributed by atoms with van der Waals surface area (Å²) in [5.74, 6) is 0.505. The summed E-state index contributed by atoms with van der Waals surface area (Å²) >= 11 is 0. The molecule has 4 rings (SSSR count). The highest BCUT2D eigenvalue weighted by Gasteiger charge is 2.20. The summed E-state index contributed by atoms with van der Waals surface area (Å²) in [7, 11) is -3.47. The number of sulfone groups is 1. The first-order chi connectivity index (χ1) is 12.4. The molecule has 0 aliphatic rings. The summed E-state index contributed by atoms with van der Waals surface area (Å²) in [6, 6.07) is 15.2. The van der Waals surface area contributed by atoms with Gasteiger partial charge in [-0.1, -0.05) is 29.8 Å². The van der Waals surface area contributed by atoms with Crippen LogP contribution in [0.5, 0.6) is 0 Å². The molecule has 6 nitrogen and oxygen atoms in total. The minimum atomic E-state index is -3.47. The number of fused-ring (bicyclic) bond motifs is 1. The Balaban J connectivity index is 1.75. The molecule has 26 heavy (non-hydrogen) atoms. The third-order valence-electron chi connectivity index (χ3n) is 4.12. The molecular weight excluding hydrogens is 350 g/mol. The van der Waals surface area contributed by atoms with E-state index >= 15 is 0 Å². The van der Waals surface area contributed by atoms with Crippen LogP contribution < -0.4 is 0 Å². The van der Waals surface area contributed by atoms with Gasteiger partial charge in [0.05, 0.1) is 23.3 Å². The first kappa shape index (κ1) is 16.5. The molecule has 0 saturated heterocycles. The van der Waals surface area contributed by atoms with E-state index in [1.54, 1.807) is 16.9 Å². The van der Waals surface area contributed by atoms with Crippen molar-refractivity contribution in [3.63, 3.8) is 0 Å². The number of rotatable bonds is 4. The maximum Gasteiger partial charge on any atom is 0.228 e. The Kier molecular flexibility index (Phi) is 3.88. The lowest BCUT2D eigenvalue weighted by Gasteiger charge is -2.05. The molecule has 0 unspecified atom stereocenters. The highest BCUT2D eigenvalue weighted by Crippen LogP contribution is 2.23. The van der Waals surface area contributed by atoms with E-state index in [1.807, 2.05) is 49.4 Å². The highest BCUT2D eigenvalue weighted by atomic mass is 32.2. The van der Waals surface area contributed by atoms with Gasteiger partial charge < -0.3 is 8.98 Å². The quantitative estimate of drug-likeness (QED) is 0.552. The summed E-state index contributed by atoms with van der Waals surface area (Å²) in [6.45, 7) is 2.28. The molecule has 2 heterocycles. The number of aryl methyl sites for hydroxylation is 1. The maximum atomic E-state index is 12.1. The summed E-state index contributed by atoms with van der Waals surface area (Å²) in [5, 5.41) is 0.0265. The Hall–Kier alpha value is -2.93. The number of benzene rings is 2. The van der Waals surface area contributed by atoms with Crippen LogP contribution in [0.15, 0.2) is 64.4 Å². The molecule has 2 aromatic carbocycles. The van der Waals surface area contributed by atoms with Crippen molar-refractivity contribution in [3.8, 4) is 11.5 Å². The van der Waals surface area contributed by atoms with Crippen LogP contribution in [0.1, 0.15) is 11.3 Å². The van der Waals surface area contributed by atoms with Gasteiger partial charge in [-0.3, -0.25) is 0 Å². The zero-order chi connectivity index (χ0) is 18.3. The summed E-state index contributed by atoms with van der Waals surface area (Å²) < 4.78 is 31.5. The molecule has 0 atom stereocenters. The Morgan fingerprint density at radius 1 is 1.04 bits per heavy atom. The molecule has 0 bridgehead atoms. The smallest absolute Gasteiger partial charge is 0.228 e. The van der Waals surface area contributed by atoms with Crippen molar-refractivity contribution in [1.82, 2.24) is 14.5 Å². The van der Waals surface area contributed by atoms with E-state index in [1.165, 1.54) is 0 Å². The fourth-order valence-corrected chi connectivity index (χ4v) is 3.69. The minimum Gasteiger partial charge on any atom is -0.444 e. The number of hydrogen-bond acceptors (Lipinski definition) is 5. The minimum absolute atomic E-state index is 0.0265. The molecule has 0 N–H and O–H groups in total. The number of nitrogens with zero attached hydrogens (tertiary/aromatic N) is 3. The van der Waals surface area contributed by atoms with Gasteiger partial charge in [-0.25, -0.2) is 18.4 Å². The average molecular weight is 367 g/mol. The Morgan fingerprint density at radius 3 is 2.50 bits per heavy atom. The van der Waals surface area contributed by atoms with Gasteiger partial charge in [0, 0.05) is 11.8 Å². The SMILES string of the molecule is Cc1ccc(-c2nc(Cn3c(S(C)(=O)=O)nc4ccccc43)co2)cc1. The average Bonchev–Trinajstić information content (AvgIpc) is 3.21. The fourth-order valence-electron chi connectivity index (χ4n) is 2.86. The van der Waals surface area contributed by atoms with E-state index in [0.29, 0.717) is 17.1 Å².